The first kappa shape index (κ1) is 33.1. The molecule has 1 unspecified atom stereocenters. The zero-order valence-corrected chi connectivity index (χ0v) is 25.2. The summed E-state index contributed by atoms with van der Waals surface area (Å²) in [6.07, 6.45) is -0.825. The smallest absolute Gasteiger partial charge is 0.408 e. The lowest BCUT2D eigenvalue weighted by atomic mass is 10.0. The third kappa shape index (κ3) is 11.1. The fraction of sp³-hybridized carbons (Fsp3) is 0.469. The summed E-state index contributed by atoms with van der Waals surface area (Å²) in [5, 5.41) is 7.93. The maximum atomic E-state index is 13.4. The summed E-state index contributed by atoms with van der Waals surface area (Å²) in [6, 6.07) is 15.5. The van der Waals surface area contributed by atoms with Gasteiger partial charge in [0.25, 0.3) is 0 Å². The third-order valence-corrected chi connectivity index (χ3v) is 6.80. The summed E-state index contributed by atoms with van der Waals surface area (Å²) in [4.78, 5) is 65.7. The number of Topliss-reactive ketones (excluding diaryl/α,β-unsaturated/α-hetero) is 1. The Kier molecular flexibility index (Phi) is 12.5. The number of alkyl carbamates (subject to hydrolysis) is 2. The van der Waals surface area contributed by atoms with Crippen molar-refractivity contribution >= 4 is 29.8 Å². The SMILES string of the molecule is CC(C)C[C@H](NC(=O)OCc1ccccc1)C(=O)N1CC(=O)C(NC(=O)[C@@H](CC(C)C)NC(=O)OCc2ccccc2)C1. The van der Waals surface area contributed by atoms with E-state index in [2.05, 4.69) is 16.0 Å². The first-order chi connectivity index (χ1) is 20.5. The highest BCUT2D eigenvalue weighted by Gasteiger charge is 2.39. The lowest BCUT2D eigenvalue weighted by molar-refractivity contribution is -0.134. The zero-order valence-electron chi connectivity index (χ0n) is 25.2. The van der Waals surface area contributed by atoms with E-state index in [1.54, 1.807) is 0 Å². The highest BCUT2D eigenvalue weighted by atomic mass is 16.6. The Labute approximate surface area is 252 Å². The molecule has 0 aromatic heterocycles. The molecule has 2 aromatic carbocycles. The summed E-state index contributed by atoms with van der Waals surface area (Å²) >= 11 is 0. The van der Waals surface area contributed by atoms with Gasteiger partial charge in [0.15, 0.2) is 5.78 Å². The monoisotopic (exact) mass is 594 g/mol. The number of rotatable bonds is 13. The van der Waals surface area contributed by atoms with Crippen molar-refractivity contribution in [1.82, 2.24) is 20.9 Å². The van der Waals surface area contributed by atoms with Crippen LogP contribution in [0.15, 0.2) is 60.7 Å². The van der Waals surface area contributed by atoms with Crippen molar-refractivity contribution in [3.05, 3.63) is 71.8 Å². The highest BCUT2D eigenvalue weighted by Crippen LogP contribution is 2.15. The Morgan fingerprint density at radius 2 is 1.23 bits per heavy atom. The van der Waals surface area contributed by atoms with Crippen LogP contribution < -0.4 is 16.0 Å². The molecule has 1 aliphatic heterocycles. The van der Waals surface area contributed by atoms with Crippen LogP contribution in [0.1, 0.15) is 51.7 Å². The Balaban J connectivity index is 1.57. The van der Waals surface area contributed by atoms with Crippen LogP contribution in [0.4, 0.5) is 9.59 Å². The fourth-order valence-electron chi connectivity index (χ4n) is 4.68. The van der Waals surface area contributed by atoms with Crippen molar-refractivity contribution < 1.29 is 33.4 Å². The molecule has 4 amide bonds. The Hall–Kier alpha value is -4.41. The van der Waals surface area contributed by atoms with E-state index in [0.717, 1.165) is 11.1 Å². The van der Waals surface area contributed by atoms with Gasteiger partial charge in [0.1, 0.15) is 31.3 Å². The molecule has 3 rings (SSSR count). The van der Waals surface area contributed by atoms with Gasteiger partial charge in [-0.15, -0.1) is 0 Å². The van der Waals surface area contributed by atoms with Crippen LogP contribution in [0.3, 0.4) is 0 Å². The molecule has 0 saturated carbocycles. The number of nitrogens with zero attached hydrogens (tertiary/aromatic N) is 1. The maximum absolute atomic E-state index is 13.4. The van der Waals surface area contributed by atoms with Gasteiger partial charge in [0, 0.05) is 6.54 Å². The molecule has 11 nitrogen and oxygen atoms in total. The van der Waals surface area contributed by atoms with Gasteiger partial charge >= 0.3 is 12.2 Å². The predicted octanol–water partition coefficient (Wildman–Crippen LogP) is 3.56. The van der Waals surface area contributed by atoms with Crippen LogP contribution in [0, 0.1) is 11.8 Å². The molecule has 11 heteroatoms. The quantitative estimate of drug-likeness (QED) is 0.322. The normalized spacial score (nSPS) is 16.0. The molecule has 1 saturated heterocycles. The first-order valence-corrected chi connectivity index (χ1v) is 14.6. The van der Waals surface area contributed by atoms with E-state index >= 15 is 0 Å². The highest BCUT2D eigenvalue weighted by molar-refractivity contribution is 5.98. The van der Waals surface area contributed by atoms with Gasteiger partial charge in [-0.05, 0) is 35.8 Å². The molecule has 3 atom stereocenters. The number of hydrogen-bond acceptors (Lipinski definition) is 7. The predicted molar refractivity (Wildman–Crippen MR) is 160 cm³/mol. The van der Waals surface area contributed by atoms with Crippen molar-refractivity contribution in [1.29, 1.82) is 0 Å². The lowest BCUT2D eigenvalue weighted by Gasteiger charge is -2.25. The maximum Gasteiger partial charge on any atom is 0.408 e. The molecular formula is C32H42N4O7. The second kappa shape index (κ2) is 16.3. The van der Waals surface area contributed by atoms with Crippen LogP contribution in [0.2, 0.25) is 0 Å². The lowest BCUT2D eigenvalue weighted by Crippen LogP contribution is -2.53. The van der Waals surface area contributed by atoms with Gasteiger partial charge in [-0.3, -0.25) is 14.4 Å². The molecule has 1 fully saturated rings. The van der Waals surface area contributed by atoms with Crippen LogP contribution in [0.25, 0.3) is 0 Å². The van der Waals surface area contributed by atoms with Crippen molar-refractivity contribution in [2.75, 3.05) is 13.1 Å². The Morgan fingerprint density at radius 3 is 1.72 bits per heavy atom. The van der Waals surface area contributed by atoms with Crippen molar-refractivity contribution in [2.24, 2.45) is 11.8 Å². The van der Waals surface area contributed by atoms with Crippen molar-refractivity contribution in [2.45, 2.75) is 71.9 Å². The topological polar surface area (TPSA) is 143 Å². The number of hydrogen-bond donors (Lipinski definition) is 3. The van der Waals surface area contributed by atoms with Crippen molar-refractivity contribution in [3.63, 3.8) is 0 Å². The van der Waals surface area contributed by atoms with E-state index in [-0.39, 0.29) is 43.9 Å². The Bertz CT molecular complexity index is 1240. The van der Waals surface area contributed by atoms with Crippen LogP contribution in [-0.4, -0.2) is 65.9 Å². The average Bonchev–Trinajstić information content (AvgIpc) is 3.34. The number of ketones is 1. The van der Waals surface area contributed by atoms with Crippen molar-refractivity contribution in [3.8, 4) is 0 Å². The summed E-state index contributed by atoms with van der Waals surface area (Å²) < 4.78 is 10.6. The minimum absolute atomic E-state index is 0.0479. The number of carbonyl (C=O) groups is 5. The van der Waals surface area contributed by atoms with Crippen LogP contribution >= 0.6 is 0 Å². The second-order valence-electron chi connectivity index (χ2n) is 11.5. The Morgan fingerprint density at radius 1 is 0.767 bits per heavy atom. The van der Waals surface area contributed by atoms with E-state index in [4.69, 9.17) is 9.47 Å². The molecule has 0 spiro atoms. The molecule has 0 radical (unpaired) electrons. The number of likely N-dealkylation sites (tertiary alicyclic amines) is 1. The van der Waals surface area contributed by atoms with E-state index in [1.165, 1.54) is 4.90 Å². The van der Waals surface area contributed by atoms with Gasteiger partial charge in [0.05, 0.1) is 6.54 Å². The van der Waals surface area contributed by atoms with E-state index in [9.17, 15) is 24.0 Å². The summed E-state index contributed by atoms with van der Waals surface area (Å²) in [7, 11) is 0. The molecule has 3 N–H and O–H groups in total. The largest absolute Gasteiger partial charge is 0.445 e. The molecular weight excluding hydrogens is 552 g/mol. The van der Waals surface area contributed by atoms with Gasteiger partial charge in [-0.1, -0.05) is 88.4 Å². The van der Waals surface area contributed by atoms with Gasteiger partial charge in [-0.25, -0.2) is 9.59 Å². The molecule has 0 aliphatic carbocycles. The first-order valence-electron chi connectivity index (χ1n) is 14.6. The number of amides is 4. The van der Waals surface area contributed by atoms with Crippen LogP contribution in [-0.2, 0) is 37.1 Å². The molecule has 232 valence electrons. The number of ether oxygens (including phenoxy) is 2. The summed E-state index contributed by atoms with van der Waals surface area (Å²) in [5.74, 6) is -1.18. The molecule has 43 heavy (non-hydrogen) atoms. The minimum atomic E-state index is -0.946. The minimum Gasteiger partial charge on any atom is -0.445 e. The molecule has 2 aromatic rings. The average molecular weight is 595 g/mol. The third-order valence-electron chi connectivity index (χ3n) is 6.80. The summed E-state index contributed by atoms with van der Waals surface area (Å²) in [6.45, 7) is 7.50. The van der Waals surface area contributed by atoms with Crippen LogP contribution in [0.5, 0.6) is 0 Å². The van der Waals surface area contributed by atoms with E-state index in [0.29, 0.717) is 12.8 Å². The van der Waals surface area contributed by atoms with Gasteiger partial charge in [0.2, 0.25) is 11.8 Å². The fourth-order valence-corrected chi connectivity index (χ4v) is 4.68. The summed E-state index contributed by atoms with van der Waals surface area (Å²) in [5.41, 5.74) is 1.61. The molecule has 0 bridgehead atoms. The van der Waals surface area contributed by atoms with Gasteiger partial charge in [-0.2, -0.15) is 0 Å². The number of carbonyl (C=O) groups excluding carboxylic acids is 5. The zero-order chi connectivity index (χ0) is 31.4. The molecule has 1 heterocycles. The number of nitrogens with one attached hydrogen (secondary N) is 3. The number of benzene rings is 2. The van der Waals surface area contributed by atoms with E-state index in [1.807, 2.05) is 88.4 Å². The second-order valence-corrected chi connectivity index (χ2v) is 11.5. The molecule has 1 aliphatic rings. The van der Waals surface area contributed by atoms with Gasteiger partial charge < -0.3 is 30.3 Å². The van der Waals surface area contributed by atoms with E-state index < -0.39 is 42.1 Å². The standard InChI is InChI=1S/C32H42N4O7/c1-21(2)15-25(34-31(40)42-19-23-11-7-5-8-12-23)29(38)33-27-17-36(18-28(27)37)30(39)26(16-22(3)4)35-32(41)43-20-24-13-9-6-10-14-24/h5-14,21-22,25-27H,15-20H2,1-4H3,(H,33,38)(H,34,40)(H,35,41)/t25-,26+,27?/m1/s1.